The zero-order chi connectivity index (χ0) is 13.5. The van der Waals surface area contributed by atoms with E-state index < -0.39 is 0 Å². The number of hydrogen-bond acceptors (Lipinski definition) is 1. The third kappa shape index (κ3) is 9.92. The molecule has 1 aromatic carbocycles. The molecule has 0 aliphatic carbocycles. The summed E-state index contributed by atoms with van der Waals surface area (Å²) < 4.78 is 5.09. The van der Waals surface area contributed by atoms with Crippen molar-refractivity contribution in [2.24, 2.45) is 0 Å². The van der Waals surface area contributed by atoms with Gasteiger partial charge in [0.05, 0.1) is 7.11 Å². The van der Waals surface area contributed by atoms with E-state index in [4.69, 9.17) is 4.74 Å². The zero-order valence-electron chi connectivity index (χ0n) is 12.5. The second kappa shape index (κ2) is 15.0. The lowest BCUT2D eigenvalue weighted by Crippen LogP contribution is -1.86. The van der Waals surface area contributed by atoms with Crippen LogP contribution < -0.4 is 4.74 Å². The third-order valence-electron chi connectivity index (χ3n) is 2.23. The maximum atomic E-state index is 5.09. The van der Waals surface area contributed by atoms with Gasteiger partial charge in [-0.1, -0.05) is 59.6 Å². The number of rotatable bonds is 5. The third-order valence-corrected chi connectivity index (χ3v) is 2.23. The number of benzene rings is 1. The largest absolute Gasteiger partial charge is 0.497 e. The molecule has 0 heterocycles. The van der Waals surface area contributed by atoms with Crippen LogP contribution in [-0.2, 0) is 6.42 Å². The molecular weight excluding hydrogens is 208 g/mol. The summed E-state index contributed by atoms with van der Waals surface area (Å²) in [5.41, 5.74) is 1.41. The fraction of sp³-hybridized carbons (Fsp3) is 0.625. The molecule has 0 unspecified atom stereocenters. The predicted molar refractivity (Wildman–Crippen MR) is 78.9 cm³/mol. The Morgan fingerprint density at radius 2 is 1.41 bits per heavy atom. The van der Waals surface area contributed by atoms with Crippen LogP contribution in [-0.4, -0.2) is 7.11 Å². The predicted octanol–water partition coefficient (Wildman–Crippen LogP) is 5.48. The first-order chi connectivity index (χ1) is 8.36. The van der Waals surface area contributed by atoms with E-state index in [0.29, 0.717) is 0 Å². The van der Waals surface area contributed by atoms with Gasteiger partial charge in [-0.25, -0.2) is 0 Å². The average molecular weight is 238 g/mol. The minimum absolute atomic E-state index is 0.944. The Kier molecular flexibility index (Phi) is 16.2. The molecule has 1 rings (SSSR count). The summed E-state index contributed by atoms with van der Waals surface area (Å²) in [6, 6.07) is 8.35. The normalized spacial score (nSPS) is 8.35. The van der Waals surface area contributed by atoms with E-state index in [9.17, 15) is 0 Å². The van der Waals surface area contributed by atoms with E-state index in [1.54, 1.807) is 7.11 Å². The highest BCUT2D eigenvalue weighted by Crippen LogP contribution is 2.13. The van der Waals surface area contributed by atoms with Gasteiger partial charge < -0.3 is 4.74 Å². The maximum Gasteiger partial charge on any atom is 0.118 e. The first-order valence-corrected chi connectivity index (χ1v) is 6.99. The molecule has 0 bridgehead atoms. The Hall–Kier alpha value is -0.980. The van der Waals surface area contributed by atoms with E-state index in [0.717, 1.165) is 5.75 Å². The van der Waals surface area contributed by atoms with Crippen molar-refractivity contribution in [2.45, 2.75) is 60.3 Å². The second-order valence-corrected chi connectivity index (χ2v) is 3.31. The topological polar surface area (TPSA) is 9.23 Å². The molecule has 0 amide bonds. The van der Waals surface area contributed by atoms with E-state index in [1.165, 1.54) is 31.2 Å². The number of hydrogen-bond donors (Lipinski definition) is 0. The van der Waals surface area contributed by atoms with E-state index in [2.05, 4.69) is 19.1 Å². The van der Waals surface area contributed by atoms with Gasteiger partial charge in [0.15, 0.2) is 0 Å². The quantitative estimate of drug-likeness (QED) is 0.617. The van der Waals surface area contributed by atoms with Crippen LogP contribution in [0.15, 0.2) is 24.3 Å². The van der Waals surface area contributed by atoms with Crippen LogP contribution in [0.3, 0.4) is 0 Å². The molecule has 0 fully saturated rings. The Labute approximate surface area is 108 Å². The zero-order valence-corrected chi connectivity index (χ0v) is 12.5. The Morgan fingerprint density at radius 3 is 1.82 bits per heavy atom. The van der Waals surface area contributed by atoms with Crippen LogP contribution in [0.1, 0.15) is 59.4 Å². The summed E-state index contributed by atoms with van der Waals surface area (Å²) in [6.07, 6.45) is 5.10. The summed E-state index contributed by atoms with van der Waals surface area (Å²) in [4.78, 5) is 0. The summed E-state index contributed by atoms with van der Waals surface area (Å²) in [5, 5.41) is 0. The molecule has 1 nitrogen and oxygen atoms in total. The molecule has 1 aromatic rings. The molecule has 0 aliphatic heterocycles. The molecule has 0 spiro atoms. The highest BCUT2D eigenvalue weighted by Gasteiger charge is 1.93. The van der Waals surface area contributed by atoms with Gasteiger partial charge in [-0.05, 0) is 30.5 Å². The number of unbranched alkanes of at least 4 members (excludes halogenated alkanes) is 2. The van der Waals surface area contributed by atoms with Crippen molar-refractivity contribution in [3.05, 3.63) is 29.8 Å². The fourth-order valence-electron chi connectivity index (χ4n) is 1.37. The van der Waals surface area contributed by atoms with Crippen LogP contribution in [0.4, 0.5) is 0 Å². The fourth-order valence-corrected chi connectivity index (χ4v) is 1.37. The summed E-state index contributed by atoms with van der Waals surface area (Å²) in [7, 11) is 1.70. The van der Waals surface area contributed by atoms with Crippen LogP contribution in [0.5, 0.6) is 5.75 Å². The van der Waals surface area contributed by atoms with Gasteiger partial charge in [0.1, 0.15) is 5.75 Å². The Bertz CT molecular complexity index is 226. The molecule has 0 atom stereocenters. The smallest absolute Gasteiger partial charge is 0.118 e. The van der Waals surface area contributed by atoms with Gasteiger partial charge in [-0.3, -0.25) is 0 Å². The lowest BCUT2D eigenvalue weighted by molar-refractivity contribution is 0.414. The van der Waals surface area contributed by atoms with E-state index in [1.807, 2.05) is 39.8 Å². The lowest BCUT2D eigenvalue weighted by atomic mass is 10.1. The molecule has 0 aliphatic rings. The molecule has 0 saturated carbocycles. The molecule has 0 saturated heterocycles. The molecule has 0 radical (unpaired) electrons. The monoisotopic (exact) mass is 238 g/mol. The van der Waals surface area contributed by atoms with E-state index in [-0.39, 0.29) is 0 Å². The van der Waals surface area contributed by atoms with Gasteiger partial charge in [0, 0.05) is 0 Å². The first kappa shape index (κ1) is 18.4. The number of aryl methyl sites for hydroxylation is 1. The Morgan fingerprint density at radius 1 is 0.882 bits per heavy atom. The maximum absolute atomic E-state index is 5.09. The lowest BCUT2D eigenvalue weighted by Gasteiger charge is -2.02. The van der Waals surface area contributed by atoms with Gasteiger partial charge in [0.2, 0.25) is 0 Å². The SMILES string of the molecule is CC.CC.CCCCCc1ccc(OC)cc1. The summed E-state index contributed by atoms with van der Waals surface area (Å²) in [6.45, 7) is 10.2. The minimum Gasteiger partial charge on any atom is -0.497 e. The van der Waals surface area contributed by atoms with Crippen molar-refractivity contribution in [2.75, 3.05) is 7.11 Å². The van der Waals surface area contributed by atoms with Crippen LogP contribution >= 0.6 is 0 Å². The molecule has 100 valence electrons. The van der Waals surface area contributed by atoms with Crippen LogP contribution in [0.2, 0.25) is 0 Å². The van der Waals surface area contributed by atoms with Crippen molar-refractivity contribution in [3.8, 4) is 5.75 Å². The van der Waals surface area contributed by atoms with Crippen LogP contribution in [0, 0.1) is 0 Å². The van der Waals surface area contributed by atoms with E-state index >= 15 is 0 Å². The Balaban J connectivity index is 0. The average Bonchev–Trinajstić information content (AvgIpc) is 2.44. The molecular formula is C16H30O. The van der Waals surface area contributed by atoms with Crippen molar-refractivity contribution < 1.29 is 4.74 Å². The molecule has 17 heavy (non-hydrogen) atoms. The summed E-state index contributed by atoms with van der Waals surface area (Å²) in [5.74, 6) is 0.944. The van der Waals surface area contributed by atoms with Gasteiger partial charge in [0.25, 0.3) is 0 Å². The highest BCUT2D eigenvalue weighted by atomic mass is 16.5. The second-order valence-electron chi connectivity index (χ2n) is 3.31. The molecule has 0 aromatic heterocycles. The first-order valence-electron chi connectivity index (χ1n) is 6.99. The van der Waals surface area contributed by atoms with Crippen molar-refractivity contribution in [1.29, 1.82) is 0 Å². The number of methoxy groups -OCH3 is 1. The highest BCUT2D eigenvalue weighted by molar-refractivity contribution is 5.27. The van der Waals surface area contributed by atoms with Gasteiger partial charge in [-0.2, -0.15) is 0 Å². The van der Waals surface area contributed by atoms with Gasteiger partial charge in [-0.15, -0.1) is 0 Å². The van der Waals surface area contributed by atoms with Crippen molar-refractivity contribution >= 4 is 0 Å². The van der Waals surface area contributed by atoms with Crippen molar-refractivity contribution in [3.63, 3.8) is 0 Å². The standard InChI is InChI=1S/C12H18O.2C2H6/c1-3-4-5-6-11-7-9-12(13-2)10-8-11;2*1-2/h7-10H,3-6H2,1-2H3;2*1-2H3. The molecule has 1 heteroatoms. The van der Waals surface area contributed by atoms with Crippen molar-refractivity contribution in [1.82, 2.24) is 0 Å². The van der Waals surface area contributed by atoms with Crippen LogP contribution in [0.25, 0.3) is 0 Å². The minimum atomic E-state index is 0.944. The summed E-state index contributed by atoms with van der Waals surface area (Å²) >= 11 is 0. The molecule has 0 N–H and O–H groups in total. The number of ether oxygens (including phenoxy) is 1. The van der Waals surface area contributed by atoms with Gasteiger partial charge >= 0.3 is 0 Å².